The number of benzene rings is 2. The fraction of sp³-hybridized carbons (Fsp3) is 0.300. The number of nitrogens with one attached hydrogen (secondary N) is 3. The van der Waals surface area contributed by atoms with Crippen LogP contribution in [0.1, 0.15) is 29.7 Å². The number of halogens is 1. The molecule has 0 aromatic heterocycles. The van der Waals surface area contributed by atoms with Gasteiger partial charge in [-0.1, -0.05) is 43.3 Å². The van der Waals surface area contributed by atoms with Crippen molar-refractivity contribution in [2.45, 2.75) is 19.4 Å². The Morgan fingerprint density at radius 1 is 1.00 bits per heavy atom. The summed E-state index contributed by atoms with van der Waals surface area (Å²) in [6, 6.07) is 14.0. The van der Waals surface area contributed by atoms with Crippen LogP contribution in [0.4, 0.5) is 4.39 Å². The molecule has 0 heterocycles. The average molecular weight is 357 g/mol. The predicted molar refractivity (Wildman–Crippen MR) is 99.1 cm³/mol. The van der Waals surface area contributed by atoms with Crippen molar-refractivity contribution in [1.29, 1.82) is 0 Å². The van der Waals surface area contributed by atoms with Crippen molar-refractivity contribution < 1.29 is 14.0 Å². The van der Waals surface area contributed by atoms with E-state index in [-0.39, 0.29) is 36.8 Å². The number of likely N-dealkylation sites (N-methyl/N-ethyl adjacent to an activating group) is 1. The maximum Gasteiger partial charge on any atom is 0.239 e. The fourth-order valence-electron chi connectivity index (χ4n) is 2.58. The van der Waals surface area contributed by atoms with Crippen molar-refractivity contribution in [3.05, 3.63) is 71.0 Å². The van der Waals surface area contributed by atoms with Gasteiger partial charge >= 0.3 is 0 Å². The Kier molecular flexibility index (Phi) is 7.29. The van der Waals surface area contributed by atoms with Gasteiger partial charge in [-0.2, -0.15) is 0 Å². The molecule has 0 aliphatic rings. The van der Waals surface area contributed by atoms with Crippen molar-refractivity contribution >= 4 is 11.8 Å². The number of carbonyl (C=O) groups is 2. The molecule has 0 aliphatic heterocycles. The van der Waals surface area contributed by atoms with Gasteiger partial charge in [0.25, 0.3) is 0 Å². The Labute approximate surface area is 153 Å². The van der Waals surface area contributed by atoms with Crippen LogP contribution in [0, 0.1) is 5.82 Å². The molecule has 0 bridgehead atoms. The molecule has 3 N–H and O–H groups in total. The van der Waals surface area contributed by atoms with Gasteiger partial charge in [0.05, 0.1) is 19.1 Å². The Morgan fingerprint density at radius 2 is 1.73 bits per heavy atom. The second-order valence-corrected chi connectivity index (χ2v) is 5.91. The molecule has 138 valence electrons. The first-order valence-electron chi connectivity index (χ1n) is 8.58. The van der Waals surface area contributed by atoms with Crippen molar-refractivity contribution in [1.82, 2.24) is 16.0 Å². The van der Waals surface area contributed by atoms with E-state index in [1.54, 1.807) is 6.07 Å². The molecule has 0 saturated heterocycles. The molecule has 0 unspecified atom stereocenters. The fourth-order valence-corrected chi connectivity index (χ4v) is 2.58. The third-order valence-corrected chi connectivity index (χ3v) is 4.10. The monoisotopic (exact) mass is 357 g/mol. The molecule has 0 aliphatic carbocycles. The minimum Gasteiger partial charge on any atom is -0.358 e. The molecule has 0 spiro atoms. The highest BCUT2D eigenvalue weighted by Gasteiger charge is 2.16. The van der Waals surface area contributed by atoms with Gasteiger partial charge in [-0.3, -0.25) is 14.9 Å². The Balaban J connectivity index is 2.13. The van der Waals surface area contributed by atoms with E-state index in [9.17, 15) is 14.0 Å². The second kappa shape index (κ2) is 9.68. The van der Waals surface area contributed by atoms with E-state index >= 15 is 0 Å². The highest BCUT2D eigenvalue weighted by molar-refractivity contribution is 5.85. The van der Waals surface area contributed by atoms with Crippen LogP contribution in [0.25, 0.3) is 0 Å². The van der Waals surface area contributed by atoms with Crippen molar-refractivity contribution in [2.75, 3.05) is 20.1 Å². The third-order valence-electron chi connectivity index (χ3n) is 4.10. The minimum absolute atomic E-state index is 0.00764. The lowest BCUT2D eigenvalue weighted by molar-refractivity contribution is -0.125. The number of amides is 2. The standard InChI is InChI=1S/C20H24FN3O2/c1-3-14-7-9-15(10-8-14)20(16-5-4-6-17(21)11-16)24-13-19(26)23-12-18(25)22-2/h4-11,20,24H,3,12-13H2,1-2H3,(H,22,25)(H,23,26)/t20-/m1/s1. The SMILES string of the molecule is CCc1ccc([C@@H](NCC(=O)NCC(=O)NC)c2cccc(F)c2)cc1. The maximum absolute atomic E-state index is 13.7. The Morgan fingerprint density at radius 3 is 2.35 bits per heavy atom. The molecule has 1 atom stereocenters. The first kappa shape index (κ1) is 19.6. The molecule has 6 heteroatoms. The maximum atomic E-state index is 13.7. The normalized spacial score (nSPS) is 11.7. The van der Waals surface area contributed by atoms with Crippen LogP contribution in [0.5, 0.6) is 0 Å². The highest BCUT2D eigenvalue weighted by atomic mass is 19.1. The summed E-state index contributed by atoms with van der Waals surface area (Å²) < 4.78 is 13.7. The van der Waals surface area contributed by atoms with Crippen LogP contribution in [-0.4, -0.2) is 32.0 Å². The number of aryl methyl sites for hydroxylation is 1. The number of rotatable bonds is 8. The van der Waals surface area contributed by atoms with Crippen molar-refractivity contribution in [2.24, 2.45) is 0 Å². The molecular weight excluding hydrogens is 333 g/mol. The van der Waals surface area contributed by atoms with Crippen LogP contribution in [0.3, 0.4) is 0 Å². The Hall–Kier alpha value is -2.73. The van der Waals surface area contributed by atoms with E-state index in [0.29, 0.717) is 0 Å². The van der Waals surface area contributed by atoms with Gasteiger partial charge in [-0.05, 0) is 35.2 Å². The smallest absolute Gasteiger partial charge is 0.239 e. The van der Waals surface area contributed by atoms with Crippen LogP contribution in [0.15, 0.2) is 48.5 Å². The lowest BCUT2D eigenvalue weighted by Gasteiger charge is -2.20. The van der Waals surface area contributed by atoms with E-state index in [1.165, 1.54) is 24.7 Å². The molecule has 26 heavy (non-hydrogen) atoms. The summed E-state index contributed by atoms with van der Waals surface area (Å²) >= 11 is 0. The van der Waals surface area contributed by atoms with E-state index in [4.69, 9.17) is 0 Å². The summed E-state index contributed by atoms with van der Waals surface area (Å²) in [5, 5.41) is 8.12. The van der Waals surface area contributed by atoms with Gasteiger partial charge in [0.15, 0.2) is 0 Å². The van der Waals surface area contributed by atoms with Gasteiger partial charge in [0, 0.05) is 7.05 Å². The van der Waals surface area contributed by atoms with E-state index in [2.05, 4.69) is 22.9 Å². The van der Waals surface area contributed by atoms with Gasteiger partial charge in [0.1, 0.15) is 5.82 Å². The molecule has 2 aromatic carbocycles. The summed E-state index contributed by atoms with van der Waals surface area (Å²) in [6.07, 6.45) is 0.931. The molecular formula is C20H24FN3O2. The summed E-state index contributed by atoms with van der Waals surface area (Å²) in [7, 11) is 1.51. The van der Waals surface area contributed by atoms with E-state index < -0.39 is 0 Å². The van der Waals surface area contributed by atoms with Gasteiger partial charge in [0.2, 0.25) is 11.8 Å². The van der Waals surface area contributed by atoms with Gasteiger partial charge in [-0.25, -0.2) is 4.39 Å². The second-order valence-electron chi connectivity index (χ2n) is 5.91. The summed E-state index contributed by atoms with van der Waals surface area (Å²) in [5.74, 6) is -0.904. The summed E-state index contributed by atoms with van der Waals surface area (Å²) in [4.78, 5) is 23.2. The molecule has 5 nitrogen and oxygen atoms in total. The average Bonchev–Trinajstić information content (AvgIpc) is 2.66. The number of hydrogen-bond donors (Lipinski definition) is 3. The quantitative estimate of drug-likeness (QED) is 0.676. The van der Waals surface area contributed by atoms with Crippen molar-refractivity contribution in [3.8, 4) is 0 Å². The first-order valence-corrected chi connectivity index (χ1v) is 8.58. The summed E-state index contributed by atoms with van der Waals surface area (Å²) in [5.41, 5.74) is 2.87. The number of hydrogen-bond acceptors (Lipinski definition) is 3. The topological polar surface area (TPSA) is 70.2 Å². The molecule has 0 fully saturated rings. The zero-order chi connectivity index (χ0) is 18.9. The lowest BCUT2D eigenvalue weighted by Crippen LogP contribution is -2.40. The van der Waals surface area contributed by atoms with Crippen LogP contribution < -0.4 is 16.0 Å². The van der Waals surface area contributed by atoms with Crippen LogP contribution >= 0.6 is 0 Å². The van der Waals surface area contributed by atoms with E-state index in [1.807, 2.05) is 30.3 Å². The molecule has 0 saturated carbocycles. The van der Waals surface area contributed by atoms with Gasteiger partial charge in [-0.15, -0.1) is 0 Å². The zero-order valence-electron chi connectivity index (χ0n) is 15.0. The zero-order valence-corrected chi connectivity index (χ0v) is 15.0. The number of carbonyl (C=O) groups excluding carboxylic acids is 2. The third kappa shape index (κ3) is 5.67. The molecule has 2 aromatic rings. The van der Waals surface area contributed by atoms with Crippen molar-refractivity contribution in [3.63, 3.8) is 0 Å². The molecule has 0 radical (unpaired) electrons. The van der Waals surface area contributed by atoms with Crippen LogP contribution in [-0.2, 0) is 16.0 Å². The molecule has 2 amide bonds. The predicted octanol–water partition coefficient (Wildman–Crippen LogP) is 1.93. The van der Waals surface area contributed by atoms with E-state index in [0.717, 1.165) is 17.5 Å². The highest BCUT2D eigenvalue weighted by Crippen LogP contribution is 2.23. The largest absolute Gasteiger partial charge is 0.358 e. The summed E-state index contributed by atoms with van der Waals surface area (Å²) in [6.45, 7) is 2.01. The Bertz CT molecular complexity index is 747. The lowest BCUT2D eigenvalue weighted by atomic mass is 9.97. The minimum atomic E-state index is -0.331. The van der Waals surface area contributed by atoms with Crippen LogP contribution in [0.2, 0.25) is 0 Å². The van der Waals surface area contributed by atoms with Gasteiger partial charge < -0.3 is 10.6 Å². The first-order chi connectivity index (χ1) is 12.5. The molecule has 2 rings (SSSR count).